The highest BCUT2D eigenvalue weighted by Crippen LogP contribution is 2.47. The van der Waals surface area contributed by atoms with Crippen molar-refractivity contribution in [1.82, 2.24) is 18.8 Å². The number of nitrogens with zero attached hydrogens (tertiary/aromatic N) is 4. The Morgan fingerprint density at radius 1 is 0.534 bits per heavy atom. The molecule has 58 heavy (non-hydrogen) atoms. The first-order valence-corrected chi connectivity index (χ1v) is 19.7. The van der Waals surface area contributed by atoms with E-state index in [0.29, 0.717) is 5.65 Å². The first-order valence-electron chi connectivity index (χ1n) is 19.7. The Hall–Kier alpha value is -7.44. The van der Waals surface area contributed by atoms with E-state index in [-0.39, 0.29) is 11.2 Å². The summed E-state index contributed by atoms with van der Waals surface area (Å²) in [5, 5.41) is 17.2. The molecule has 6 heteroatoms. The van der Waals surface area contributed by atoms with E-state index in [4.69, 9.17) is 14.4 Å². The molecule has 0 saturated carbocycles. The van der Waals surface area contributed by atoms with Crippen LogP contribution in [0.1, 0.15) is 26.3 Å². The second kappa shape index (κ2) is 11.8. The highest BCUT2D eigenvalue weighted by atomic mass is 16.3. The molecular weight excluding hydrogens is 713 g/mol. The van der Waals surface area contributed by atoms with Crippen LogP contribution in [0.4, 0.5) is 0 Å². The SMILES string of the molecule is CC(C)(C)c1cc(-c2cc(-c3ccccc3)ccn2)cc(-c2cccc3c2nc2c4c(O)cc5c(c6cccc7oc8ccccc8n5c76)c4c4ccccc4n32)c1. The Labute approximate surface area is 332 Å². The van der Waals surface area contributed by atoms with Crippen LogP contribution in [0.25, 0.3) is 110 Å². The molecule has 12 rings (SSSR count). The van der Waals surface area contributed by atoms with E-state index in [9.17, 15) is 5.11 Å². The van der Waals surface area contributed by atoms with Gasteiger partial charge in [-0.15, -0.1) is 0 Å². The van der Waals surface area contributed by atoms with Gasteiger partial charge in [0.1, 0.15) is 11.4 Å². The summed E-state index contributed by atoms with van der Waals surface area (Å²) in [5.74, 6) is 0.182. The van der Waals surface area contributed by atoms with Crippen LogP contribution in [0.3, 0.4) is 0 Å². The summed E-state index contributed by atoms with van der Waals surface area (Å²) < 4.78 is 10.9. The molecular formula is C52H36N4O2. The smallest absolute Gasteiger partial charge is 0.152 e. The van der Waals surface area contributed by atoms with Crippen LogP contribution >= 0.6 is 0 Å². The molecule has 6 nitrogen and oxygen atoms in total. The van der Waals surface area contributed by atoms with Gasteiger partial charge in [0.15, 0.2) is 11.2 Å². The molecule has 0 amide bonds. The Morgan fingerprint density at radius 3 is 2.12 bits per heavy atom. The molecule has 7 aromatic carbocycles. The van der Waals surface area contributed by atoms with Crippen LogP contribution in [0, 0.1) is 0 Å². The quantitative estimate of drug-likeness (QED) is 0.144. The van der Waals surface area contributed by atoms with Gasteiger partial charge in [0, 0.05) is 44.9 Å². The summed E-state index contributed by atoms with van der Waals surface area (Å²) in [6, 6.07) is 52.7. The lowest BCUT2D eigenvalue weighted by Crippen LogP contribution is -2.11. The average molecular weight is 749 g/mol. The zero-order valence-corrected chi connectivity index (χ0v) is 32.2. The van der Waals surface area contributed by atoms with E-state index in [1.54, 1.807) is 0 Å². The maximum atomic E-state index is 12.3. The molecule has 0 spiro atoms. The summed E-state index contributed by atoms with van der Waals surface area (Å²) >= 11 is 0. The fourth-order valence-electron chi connectivity index (χ4n) is 9.24. The van der Waals surface area contributed by atoms with Crippen molar-refractivity contribution in [2.75, 3.05) is 0 Å². The normalized spacial score (nSPS) is 12.5. The highest BCUT2D eigenvalue weighted by molar-refractivity contribution is 6.33. The Bertz CT molecular complexity index is 3680. The number of rotatable bonds is 3. The lowest BCUT2D eigenvalue weighted by atomic mass is 9.83. The molecule has 5 heterocycles. The molecule has 0 fully saturated rings. The third-order valence-corrected chi connectivity index (χ3v) is 11.9. The van der Waals surface area contributed by atoms with Crippen molar-refractivity contribution in [1.29, 1.82) is 0 Å². The van der Waals surface area contributed by atoms with Gasteiger partial charge in [-0.25, -0.2) is 4.98 Å². The van der Waals surface area contributed by atoms with Gasteiger partial charge < -0.3 is 13.9 Å². The van der Waals surface area contributed by atoms with Gasteiger partial charge in [-0.1, -0.05) is 112 Å². The standard InChI is InChI=1S/C52H36N4O2/c1-52(2,3)34-26-32(25-33(27-34)38-28-31(23-24-53-38)30-13-5-4-6-14-30)35-16-11-20-41-49(35)54-51-48-43(57)29-42-46(47(48)36-15-7-8-18-39(36)56(41)51)37-17-12-22-45-50(37)55(42)40-19-9-10-21-44(40)58-45/h4-29,57H,1-3H3. The first kappa shape index (κ1) is 32.8. The molecule has 0 atom stereocenters. The molecule has 0 aliphatic rings. The second-order valence-electron chi connectivity index (χ2n) is 16.4. The van der Waals surface area contributed by atoms with Crippen LogP contribution < -0.4 is 0 Å². The predicted octanol–water partition coefficient (Wildman–Crippen LogP) is 13.5. The zero-order valence-electron chi connectivity index (χ0n) is 32.2. The predicted molar refractivity (Wildman–Crippen MR) is 238 cm³/mol. The number of hydrogen-bond donors (Lipinski definition) is 1. The topological polar surface area (TPSA) is 68.0 Å². The first-order chi connectivity index (χ1) is 28.3. The minimum absolute atomic E-state index is 0.121. The van der Waals surface area contributed by atoms with Gasteiger partial charge in [0.2, 0.25) is 0 Å². The molecule has 0 aliphatic carbocycles. The number of aromatic nitrogens is 4. The number of para-hydroxylation sites is 5. The Balaban J connectivity index is 1.17. The van der Waals surface area contributed by atoms with Crippen molar-refractivity contribution in [3.63, 3.8) is 0 Å². The average Bonchev–Trinajstić information content (AvgIpc) is 3.81. The zero-order chi connectivity index (χ0) is 38.9. The summed E-state index contributed by atoms with van der Waals surface area (Å²) in [6.45, 7) is 6.76. The summed E-state index contributed by atoms with van der Waals surface area (Å²) in [7, 11) is 0. The maximum Gasteiger partial charge on any atom is 0.152 e. The van der Waals surface area contributed by atoms with Gasteiger partial charge in [0.25, 0.3) is 0 Å². The number of benzene rings is 7. The highest BCUT2D eigenvalue weighted by Gasteiger charge is 2.25. The van der Waals surface area contributed by atoms with Crippen molar-refractivity contribution >= 4 is 76.8 Å². The van der Waals surface area contributed by atoms with Crippen molar-refractivity contribution in [3.8, 4) is 39.3 Å². The second-order valence-corrected chi connectivity index (χ2v) is 16.4. The number of phenols is 1. The van der Waals surface area contributed by atoms with E-state index < -0.39 is 0 Å². The number of hydrogen-bond acceptors (Lipinski definition) is 4. The van der Waals surface area contributed by atoms with Crippen LogP contribution in [0.5, 0.6) is 5.75 Å². The van der Waals surface area contributed by atoms with Gasteiger partial charge >= 0.3 is 0 Å². The lowest BCUT2D eigenvalue weighted by Gasteiger charge is -2.22. The van der Waals surface area contributed by atoms with E-state index in [1.807, 2.05) is 42.6 Å². The molecule has 5 aromatic heterocycles. The summed E-state index contributed by atoms with van der Waals surface area (Å²) in [6.07, 6.45) is 1.90. The molecule has 0 bridgehead atoms. The van der Waals surface area contributed by atoms with Gasteiger partial charge in [0.05, 0.1) is 44.2 Å². The Kier molecular flexibility index (Phi) is 6.66. The molecule has 0 unspecified atom stereocenters. The van der Waals surface area contributed by atoms with Crippen molar-refractivity contribution in [2.24, 2.45) is 0 Å². The van der Waals surface area contributed by atoms with Crippen molar-refractivity contribution in [2.45, 2.75) is 26.2 Å². The largest absolute Gasteiger partial charge is 0.507 e. The van der Waals surface area contributed by atoms with Gasteiger partial charge in [-0.3, -0.25) is 9.38 Å². The molecule has 276 valence electrons. The summed E-state index contributed by atoms with van der Waals surface area (Å²) in [5.41, 5.74) is 15.4. The number of phenolic OH excluding ortho intramolecular Hbond substituents is 1. The molecule has 12 aromatic rings. The molecule has 0 radical (unpaired) electrons. The van der Waals surface area contributed by atoms with E-state index in [1.165, 1.54) is 5.56 Å². The van der Waals surface area contributed by atoms with Crippen molar-refractivity contribution in [3.05, 3.63) is 163 Å². The Morgan fingerprint density at radius 2 is 1.26 bits per heavy atom. The monoisotopic (exact) mass is 748 g/mol. The minimum atomic E-state index is -0.121. The number of aromatic hydroxyl groups is 1. The number of fused-ring (bicyclic) bond motifs is 14. The van der Waals surface area contributed by atoms with E-state index in [2.05, 4.69) is 145 Å². The molecule has 1 N–H and O–H groups in total. The van der Waals surface area contributed by atoms with Crippen LogP contribution in [-0.4, -0.2) is 23.9 Å². The lowest BCUT2D eigenvalue weighted by molar-refractivity contribution is 0.482. The van der Waals surface area contributed by atoms with Crippen molar-refractivity contribution < 1.29 is 9.52 Å². The van der Waals surface area contributed by atoms with Crippen LogP contribution in [-0.2, 0) is 5.41 Å². The van der Waals surface area contributed by atoms with Gasteiger partial charge in [-0.05, 0) is 82.3 Å². The minimum Gasteiger partial charge on any atom is -0.507 e. The van der Waals surface area contributed by atoms with E-state index in [0.717, 1.165) is 105 Å². The summed E-state index contributed by atoms with van der Waals surface area (Å²) in [4.78, 5) is 10.4. The maximum absolute atomic E-state index is 12.3. The fourth-order valence-corrected chi connectivity index (χ4v) is 9.24. The van der Waals surface area contributed by atoms with Crippen LogP contribution in [0.2, 0.25) is 0 Å². The molecule has 0 saturated heterocycles. The molecule has 0 aliphatic heterocycles. The van der Waals surface area contributed by atoms with Crippen LogP contribution in [0.15, 0.2) is 162 Å². The van der Waals surface area contributed by atoms with Gasteiger partial charge in [-0.2, -0.15) is 0 Å². The number of imidazole rings is 1. The third kappa shape index (κ3) is 4.60. The fraction of sp³-hybridized carbons (Fsp3) is 0.0769. The third-order valence-electron chi connectivity index (χ3n) is 11.9. The van der Waals surface area contributed by atoms with E-state index >= 15 is 0 Å². The number of pyridine rings is 2.